The molecule has 19 heavy (non-hydrogen) atoms. The maximum atomic E-state index is 6.02. The molecule has 1 aromatic rings. The molecule has 1 aliphatic heterocycles. The van der Waals surface area contributed by atoms with Crippen LogP contribution < -0.4 is 5.73 Å². The summed E-state index contributed by atoms with van der Waals surface area (Å²) in [7, 11) is 2.21. The SMILES string of the molecule is Cc1ccc(C(CN)N2CC(C)N(C)C(C)C2)cn1. The number of piperazine rings is 1. The van der Waals surface area contributed by atoms with Crippen molar-refractivity contribution in [2.75, 3.05) is 26.7 Å². The highest BCUT2D eigenvalue weighted by molar-refractivity contribution is 5.18. The van der Waals surface area contributed by atoms with Crippen LogP contribution in [-0.4, -0.2) is 53.5 Å². The van der Waals surface area contributed by atoms with Crippen molar-refractivity contribution >= 4 is 0 Å². The summed E-state index contributed by atoms with van der Waals surface area (Å²) in [6, 6.07) is 5.65. The first-order valence-electron chi connectivity index (χ1n) is 7.11. The summed E-state index contributed by atoms with van der Waals surface area (Å²) in [6.07, 6.45) is 1.97. The molecule has 2 N–H and O–H groups in total. The molecule has 4 heteroatoms. The van der Waals surface area contributed by atoms with Crippen molar-refractivity contribution in [2.45, 2.75) is 38.9 Å². The lowest BCUT2D eigenvalue weighted by Crippen LogP contribution is -2.56. The Balaban J connectivity index is 2.16. The lowest BCUT2D eigenvalue weighted by molar-refractivity contribution is 0.0351. The minimum Gasteiger partial charge on any atom is -0.329 e. The zero-order chi connectivity index (χ0) is 14.0. The van der Waals surface area contributed by atoms with Crippen LogP contribution in [0.5, 0.6) is 0 Å². The Bertz CT molecular complexity index is 391. The number of hydrogen-bond acceptors (Lipinski definition) is 4. The van der Waals surface area contributed by atoms with Crippen molar-refractivity contribution in [3.8, 4) is 0 Å². The van der Waals surface area contributed by atoms with Crippen LogP contribution in [0.3, 0.4) is 0 Å². The highest BCUT2D eigenvalue weighted by Gasteiger charge is 2.30. The quantitative estimate of drug-likeness (QED) is 0.895. The number of nitrogens with zero attached hydrogens (tertiary/aromatic N) is 3. The van der Waals surface area contributed by atoms with Crippen LogP contribution in [0, 0.1) is 6.92 Å². The zero-order valence-corrected chi connectivity index (χ0v) is 12.5. The Morgan fingerprint density at radius 1 is 1.32 bits per heavy atom. The Labute approximate surface area is 116 Å². The molecule has 3 unspecified atom stereocenters. The van der Waals surface area contributed by atoms with Crippen molar-refractivity contribution in [3.05, 3.63) is 29.6 Å². The van der Waals surface area contributed by atoms with E-state index >= 15 is 0 Å². The summed E-state index contributed by atoms with van der Waals surface area (Å²) < 4.78 is 0. The summed E-state index contributed by atoms with van der Waals surface area (Å²) in [6.45, 7) is 9.36. The molecule has 0 spiro atoms. The van der Waals surface area contributed by atoms with Gasteiger partial charge in [0, 0.05) is 49.7 Å². The van der Waals surface area contributed by atoms with E-state index in [1.807, 2.05) is 13.1 Å². The summed E-state index contributed by atoms with van der Waals surface area (Å²) >= 11 is 0. The van der Waals surface area contributed by atoms with Gasteiger partial charge in [0.1, 0.15) is 0 Å². The summed E-state index contributed by atoms with van der Waals surface area (Å²) in [5.74, 6) is 0. The van der Waals surface area contributed by atoms with Crippen LogP contribution in [-0.2, 0) is 0 Å². The molecule has 4 nitrogen and oxygen atoms in total. The van der Waals surface area contributed by atoms with Crippen molar-refractivity contribution in [1.29, 1.82) is 0 Å². The fourth-order valence-corrected chi connectivity index (χ4v) is 2.87. The van der Waals surface area contributed by atoms with Crippen molar-refractivity contribution in [1.82, 2.24) is 14.8 Å². The maximum absolute atomic E-state index is 6.02. The number of pyridine rings is 1. The molecule has 2 heterocycles. The third kappa shape index (κ3) is 3.14. The predicted molar refractivity (Wildman–Crippen MR) is 79.0 cm³/mol. The van der Waals surface area contributed by atoms with Crippen molar-refractivity contribution in [3.63, 3.8) is 0 Å². The Morgan fingerprint density at radius 2 is 1.95 bits per heavy atom. The number of aryl methyl sites for hydroxylation is 1. The van der Waals surface area contributed by atoms with Gasteiger partial charge in [0.05, 0.1) is 0 Å². The molecule has 0 bridgehead atoms. The first-order chi connectivity index (χ1) is 9.02. The van der Waals surface area contributed by atoms with E-state index < -0.39 is 0 Å². The lowest BCUT2D eigenvalue weighted by atomic mass is 10.0. The molecule has 0 amide bonds. The van der Waals surface area contributed by atoms with Gasteiger partial charge in [0.25, 0.3) is 0 Å². The zero-order valence-electron chi connectivity index (χ0n) is 12.5. The topological polar surface area (TPSA) is 45.4 Å². The van der Waals surface area contributed by atoms with Crippen molar-refractivity contribution < 1.29 is 0 Å². The fraction of sp³-hybridized carbons (Fsp3) is 0.667. The van der Waals surface area contributed by atoms with Gasteiger partial charge in [-0.1, -0.05) is 6.07 Å². The monoisotopic (exact) mass is 262 g/mol. The molecule has 0 aliphatic carbocycles. The van der Waals surface area contributed by atoms with Gasteiger partial charge in [-0.2, -0.15) is 0 Å². The number of aromatic nitrogens is 1. The molecule has 0 radical (unpaired) electrons. The van der Waals surface area contributed by atoms with Gasteiger partial charge in [-0.25, -0.2) is 0 Å². The largest absolute Gasteiger partial charge is 0.329 e. The Morgan fingerprint density at radius 3 is 2.42 bits per heavy atom. The third-order valence-electron chi connectivity index (χ3n) is 4.37. The highest BCUT2D eigenvalue weighted by Crippen LogP contribution is 2.24. The smallest absolute Gasteiger partial charge is 0.0487 e. The van der Waals surface area contributed by atoms with E-state index in [0.29, 0.717) is 18.6 Å². The minimum absolute atomic E-state index is 0.284. The van der Waals surface area contributed by atoms with Crippen LogP contribution in [0.1, 0.15) is 31.1 Å². The van der Waals surface area contributed by atoms with E-state index in [4.69, 9.17) is 5.73 Å². The van der Waals surface area contributed by atoms with Gasteiger partial charge in [0.15, 0.2) is 0 Å². The van der Waals surface area contributed by atoms with Gasteiger partial charge in [-0.05, 0) is 39.4 Å². The molecule has 1 aromatic heterocycles. The fourth-order valence-electron chi connectivity index (χ4n) is 2.87. The molecule has 2 rings (SSSR count). The number of nitrogens with two attached hydrogens (primary N) is 1. The molecular formula is C15H26N4. The van der Waals surface area contributed by atoms with Gasteiger partial charge in [-0.3, -0.25) is 14.8 Å². The molecule has 1 saturated heterocycles. The molecule has 106 valence electrons. The Kier molecular flexibility index (Phi) is 4.55. The van der Waals surface area contributed by atoms with Crippen LogP contribution >= 0.6 is 0 Å². The molecular weight excluding hydrogens is 236 g/mol. The first-order valence-corrected chi connectivity index (χ1v) is 7.11. The van der Waals surface area contributed by atoms with Crippen LogP contribution in [0.2, 0.25) is 0 Å². The van der Waals surface area contributed by atoms with E-state index in [1.54, 1.807) is 0 Å². The van der Waals surface area contributed by atoms with Crippen LogP contribution in [0.25, 0.3) is 0 Å². The van der Waals surface area contributed by atoms with E-state index in [0.717, 1.165) is 18.8 Å². The second-order valence-corrected chi connectivity index (χ2v) is 5.80. The number of likely N-dealkylation sites (N-methyl/N-ethyl adjacent to an activating group) is 1. The first kappa shape index (κ1) is 14.4. The van der Waals surface area contributed by atoms with Gasteiger partial charge < -0.3 is 5.73 Å². The van der Waals surface area contributed by atoms with Crippen LogP contribution in [0.4, 0.5) is 0 Å². The normalized spacial score (nSPS) is 27.4. The minimum atomic E-state index is 0.284. The summed E-state index contributed by atoms with van der Waals surface area (Å²) in [4.78, 5) is 9.35. The molecule has 0 saturated carbocycles. The number of rotatable bonds is 3. The van der Waals surface area contributed by atoms with Crippen LogP contribution in [0.15, 0.2) is 18.3 Å². The van der Waals surface area contributed by atoms with E-state index in [2.05, 4.69) is 47.8 Å². The standard InChI is InChI=1S/C15H26N4/c1-11-5-6-14(8-17-11)15(7-16)19-9-12(2)18(4)13(3)10-19/h5-6,8,12-13,15H,7,9-10,16H2,1-4H3. The highest BCUT2D eigenvalue weighted by atomic mass is 15.3. The average Bonchev–Trinajstić information content (AvgIpc) is 2.39. The average molecular weight is 262 g/mol. The van der Waals surface area contributed by atoms with E-state index in [9.17, 15) is 0 Å². The lowest BCUT2D eigenvalue weighted by Gasteiger charge is -2.45. The third-order valence-corrected chi connectivity index (χ3v) is 4.37. The van der Waals surface area contributed by atoms with Gasteiger partial charge in [0.2, 0.25) is 0 Å². The summed E-state index contributed by atoms with van der Waals surface area (Å²) in [5.41, 5.74) is 8.30. The van der Waals surface area contributed by atoms with E-state index in [-0.39, 0.29) is 6.04 Å². The second kappa shape index (κ2) is 5.99. The van der Waals surface area contributed by atoms with Crippen molar-refractivity contribution in [2.24, 2.45) is 5.73 Å². The second-order valence-electron chi connectivity index (χ2n) is 5.80. The summed E-state index contributed by atoms with van der Waals surface area (Å²) in [5, 5.41) is 0. The van der Waals surface area contributed by atoms with Gasteiger partial charge in [-0.15, -0.1) is 0 Å². The molecule has 1 aliphatic rings. The molecule has 1 fully saturated rings. The predicted octanol–water partition coefficient (Wildman–Crippen LogP) is 1.41. The maximum Gasteiger partial charge on any atom is 0.0487 e. The molecule has 0 aromatic carbocycles. The molecule has 3 atom stereocenters. The number of hydrogen-bond donors (Lipinski definition) is 1. The Hall–Kier alpha value is -0.970. The van der Waals surface area contributed by atoms with E-state index in [1.165, 1.54) is 5.56 Å². The van der Waals surface area contributed by atoms with Gasteiger partial charge >= 0.3 is 0 Å².